The van der Waals surface area contributed by atoms with Gasteiger partial charge in [-0.15, -0.1) is 0 Å². The lowest BCUT2D eigenvalue weighted by atomic mass is 9.77. The van der Waals surface area contributed by atoms with E-state index < -0.39 is 60.5 Å². The Morgan fingerprint density at radius 2 is 0.909 bits per heavy atom. The molecule has 6 aromatic carbocycles. The van der Waals surface area contributed by atoms with E-state index in [1.54, 1.807) is 24.3 Å². The van der Waals surface area contributed by atoms with E-state index in [0.717, 1.165) is 71.3 Å². The minimum absolute atomic E-state index is 0. The van der Waals surface area contributed by atoms with Gasteiger partial charge in [0.15, 0.2) is 16.6 Å². The van der Waals surface area contributed by atoms with Gasteiger partial charge in [0.25, 0.3) is 0 Å². The van der Waals surface area contributed by atoms with Gasteiger partial charge in [-0.3, -0.25) is 29.2 Å². The Balaban J connectivity index is 0.000000279. The van der Waals surface area contributed by atoms with Crippen molar-refractivity contribution in [2.24, 2.45) is 21.8 Å². The van der Waals surface area contributed by atoms with Crippen LogP contribution < -0.4 is 28.7 Å². The van der Waals surface area contributed by atoms with E-state index in [2.05, 4.69) is 166 Å². The van der Waals surface area contributed by atoms with Crippen LogP contribution in [0.5, 0.6) is 23.0 Å². The molecular weight excluding hydrogens is 1300 g/mol. The average Bonchev–Trinajstić information content (AvgIpc) is 1.56. The number of fused-ring (bicyclic) bond motifs is 8. The van der Waals surface area contributed by atoms with Crippen LogP contribution in [-0.2, 0) is 57.2 Å². The average molecular weight is 1410 g/mol. The molecule has 2 atom stereocenters. The van der Waals surface area contributed by atoms with Crippen molar-refractivity contribution in [3.05, 3.63) is 120 Å². The van der Waals surface area contributed by atoms with Gasteiger partial charge in [-0.05, 0) is 175 Å². The van der Waals surface area contributed by atoms with E-state index >= 15 is 0 Å². The summed E-state index contributed by atoms with van der Waals surface area (Å²) in [6.45, 7) is 38.9. The van der Waals surface area contributed by atoms with Crippen molar-refractivity contribution >= 4 is 106 Å². The monoisotopic (exact) mass is 1410 g/mol. The molecule has 4 aliphatic heterocycles. The Labute approximate surface area is 591 Å². The number of esters is 4. The van der Waals surface area contributed by atoms with Crippen LogP contribution >= 0.6 is 0 Å². The van der Waals surface area contributed by atoms with E-state index in [0.29, 0.717) is 72.6 Å². The number of anilines is 2. The van der Waals surface area contributed by atoms with Crippen LogP contribution in [0.15, 0.2) is 119 Å². The molecule has 6 aromatic rings. The number of unbranched alkanes of at least 4 members (excludes halogenated alkanes) is 1. The summed E-state index contributed by atoms with van der Waals surface area (Å²) in [7, 11) is -5.71. The number of para-hydroxylation sites is 2. The largest absolute Gasteiger partial charge is 0.463 e. The Bertz CT molecular complexity index is 3860. The Kier molecular flexibility index (Phi) is 26.4. The molecule has 0 aromatic heterocycles. The van der Waals surface area contributed by atoms with Gasteiger partial charge >= 0.3 is 32.4 Å². The molecule has 2 spiro atoms. The maximum Gasteiger partial charge on any atom is 0.311 e. The summed E-state index contributed by atoms with van der Waals surface area (Å²) in [5, 5.41) is 3.53. The molecule has 10 rings (SSSR count). The van der Waals surface area contributed by atoms with Gasteiger partial charge in [0.2, 0.25) is 11.4 Å². The summed E-state index contributed by atoms with van der Waals surface area (Å²) in [6, 6.07) is 36.7. The van der Waals surface area contributed by atoms with Gasteiger partial charge in [-0.25, -0.2) is 0 Å². The van der Waals surface area contributed by atoms with Crippen LogP contribution in [0.2, 0.25) is 51.9 Å². The fourth-order valence-corrected chi connectivity index (χ4v) is 26.7. The van der Waals surface area contributed by atoms with Crippen molar-refractivity contribution in [3.8, 4) is 23.0 Å². The number of ether oxygens (including phenoxy) is 8. The molecule has 0 amide bonds. The quantitative estimate of drug-likeness (QED) is 0.0186. The molecule has 0 radical (unpaired) electrons. The Morgan fingerprint density at radius 3 is 1.32 bits per heavy atom. The summed E-state index contributed by atoms with van der Waals surface area (Å²) in [4.78, 5) is 64.4. The highest BCUT2D eigenvalue weighted by atomic mass is 28.5. The molecule has 0 saturated heterocycles. The first-order valence-electron chi connectivity index (χ1n) is 34.5. The second-order valence-corrected chi connectivity index (χ2v) is 42.2. The molecular formula is C78H110N4O14Si3. The zero-order valence-corrected chi connectivity index (χ0v) is 63.0. The fourth-order valence-electron chi connectivity index (χ4n) is 13.6. The molecule has 99 heavy (non-hydrogen) atoms. The van der Waals surface area contributed by atoms with Crippen molar-refractivity contribution in [2.45, 2.75) is 196 Å². The molecule has 4 aliphatic rings. The zero-order chi connectivity index (χ0) is 70.1. The summed E-state index contributed by atoms with van der Waals surface area (Å²) in [5.41, 5.74) is 3.82. The van der Waals surface area contributed by atoms with Crippen molar-refractivity contribution in [2.75, 3.05) is 62.5 Å². The van der Waals surface area contributed by atoms with Crippen LogP contribution in [-0.4, -0.2) is 126 Å². The third-order valence-corrected chi connectivity index (χ3v) is 28.0. The van der Waals surface area contributed by atoms with E-state index in [9.17, 15) is 19.2 Å². The zero-order valence-electron chi connectivity index (χ0n) is 60.0. The van der Waals surface area contributed by atoms with Gasteiger partial charge in [0, 0.05) is 48.5 Å². The molecule has 0 N–H and O–H groups in total. The highest BCUT2D eigenvalue weighted by molar-refractivity contribution is 6.87. The number of hydrogen-bond donors (Lipinski definition) is 0. The number of aliphatic imine (C=N–C) groups is 2. The lowest BCUT2D eigenvalue weighted by Gasteiger charge is -2.46. The van der Waals surface area contributed by atoms with Crippen molar-refractivity contribution in [1.29, 1.82) is 0 Å². The number of benzene rings is 6. The molecule has 538 valence electrons. The first kappa shape index (κ1) is 79.1. The lowest BCUT2D eigenvalue weighted by molar-refractivity contribution is -0.148. The second kappa shape index (κ2) is 33.0. The van der Waals surface area contributed by atoms with Gasteiger partial charge < -0.3 is 55.9 Å². The SMILES string of the molecule is C.C.CC(C)CN1c2ccccc2C(C)(C)C12C=Nc1c(ccc3ccc(OC(=O)CCC(=O)OCCOCCC[Si](C)(C)O[Si](C)(C)O[Si](C)(C)C)cc13)O2.CCCCOCCOC(=O)CCC(=O)Oc1ccc2ccc3c(c2c1)N=CC1(O3)N(CC(C)C)c2ccccc2C1(C)C. The molecule has 0 fully saturated rings. The molecule has 21 heteroatoms. The van der Waals surface area contributed by atoms with E-state index in [1.165, 1.54) is 11.1 Å². The molecule has 0 aliphatic carbocycles. The molecule has 18 nitrogen and oxygen atoms in total. The predicted octanol–water partition coefficient (Wildman–Crippen LogP) is 17.9. The first-order valence-corrected chi connectivity index (χ1v) is 43.9. The summed E-state index contributed by atoms with van der Waals surface area (Å²) in [6.07, 6.45) is 6.47. The predicted molar refractivity (Wildman–Crippen MR) is 406 cm³/mol. The third-order valence-electron chi connectivity index (χ3n) is 17.8. The summed E-state index contributed by atoms with van der Waals surface area (Å²) < 4.78 is 59.6. The number of carbonyl (C=O) groups excluding carboxylic acids is 4. The van der Waals surface area contributed by atoms with Gasteiger partial charge in [0.05, 0.1) is 62.2 Å². The molecule has 2 unspecified atom stereocenters. The molecule has 4 heterocycles. The first-order chi connectivity index (χ1) is 45.9. The molecule has 0 bridgehead atoms. The van der Waals surface area contributed by atoms with Gasteiger partial charge in [0.1, 0.15) is 47.6 Å². The number of carbonyl (C=O) groups is 4. The maximum atomic E-state index is 12.8. The second-order valence-electron chi connectivity index (χ2n) is 29.5. The fraction of sp³-hybridized carbons (Fsp3) is 0.513. The summed E-state index contributed by atoms with van der Waals surface area (Å²) in [5.74, 6) is 0.979. The third kappa shape index (κ3) is 18.7. The van der Waals surface area contributed by atoms with Gasteiger partial charge in [-0.1, -0.05) is 117 Å². The Morgan fingerprint density at radius 1 is 0.505 bits per heavy atom. The normalized spacial score (nSPS) is 17.6. The van der Waals surface area contributed by atoms with Gasteiger partial charge in [-0.2, -0.15) is 0 Å². The van der Waals surface area contributed by atoms with E-state index in [-0.39, 0.29) is 64.6 Å². The standard InChI is InChI=1S/C41H60N2O8Si3.C35H42N2O6.2CH4/c1-30(2)28-43-35-16-13-12-15-34(35)40(3,4)41(43)29-42-39-33-27-32(19-17-31(33)18-20-36(39)49-41)48-38(45)22-21-37(44)47-25-24-46-23-14-26-53(8,9)51-54(10,11)50-52(5,6)7;1-6-7-18-40-19-20-41-31(38)16-17-32(39)42-26-14-12-25-13-15-30-33(27(25)21-26)36-23-35(43-30)34(4,5)28-10-8-9-11-29(28)37(35)22-24(2)3;;/h12-13,15-20,27,29-30H,14,21-26,28H2,1-11H3;8-15,21,23-24H,6-7,16-20,22H2,1-5H3;2*1H4. The van der Waals surface area contributed by atoms with Crippen LogP contribution in [0.3, 0.4) is 0 Å². The topological polar surface area (TPSA) is 192 Å². The lowest BCUT2D eigenvalue weighted by Crippen LogP contribution is -2.62. The number of hydrogen-bond acceptors (Lipinski definition) is 18. The highest BCUT2D eigenvalue weighted by Crippen LogP contribution is 2.57. The highest BCUT2D eigenvalue weighted by Gasteiger charge is 2.61. The maximum absolute atomic E-state index is 12.8. The van der Waals surface area contributed by atoms with Crippen molar-refractivity contribution < 1.29 is 65.3 Å². The van der Waals surface area contributed by atoms with Crippen LogP contribution in [0, 0.1) is 11.8 Å². The molecule has 0 saturated carbocycles. The van der Waals surface area contributed by atoms with Crippen molar-refractivity contribution in [1.82, 2.24) is 0 Å². The minimum Gasteiger partial charge on any atom is -0.463 e. The van der Waals surface area contributed by atoms with Crippen LogP contribution in [0.25, 0.3) is 21.5 Å². The number of rotatable bonds is 29. The van der Waals surface area contributed by atoms with Crippen molar-refractivity contribution in [3.63, 3.8) is 0 Å². The minimum atomic E-state index is -2.17. The van der Waals surface area contributed by atoms with E-state index in [1.807, 2.05) is 48.8 Å². The summed E-state index contributed by atoms with van der Waals surface area (Å²) >= 11 is 0. The Hall–Kier alpha value is -7.25. The van der Waals surface area contributed by atoms with Crippen LogP contribution in [0.1, 0.15) is 133 Å². The smallest absolute Gasteiger partial charge is 0.311 e. The number of nitrogens with zero attached hydrogens (tertiary/aromatic N) is 4. The van der Waals surface area contributed by atoms with E-state index in [4.69, 9.17) is 56.1 Å². The van der Waals surface area contributed by atoms with Crippen LogP contribution in [0.4, 0.5) is 22.7 Å².